The van der Waals surface area contributed by atoms with Gasteiger partial charge < -0.3 is 10.1 Å². The molecule has 5 nitrogen and oxygen atoms in total. The molecule has 2 aromatic carbocycles. The minimum Gasteiger partial charge on any atom is -0.496 e. The maximum atomic E-state index is 12.2. The summed E-state index contributed by atoms with van der Waals surface area (Å²) in [6.07, 6.45) is 2.29. The molecule has 1 unspecified atom stereocenters. The van der Waals surface area contributed by atoms with Gasteiger partial charge in [-0.2, -0.15) is 5.10 Å². The first-order valence-electron chi connectivity index (χ1n) is 8.87. The van der Waals surface area contributed by atoms with E-state index < -0.39 is 0 Å². The van der Waals surface area contributed by atoms with E-state index in [0.29, 0.717) is 17.5 Å². The maximum Gasteiger partial charge on any atom is 0.239 e. The van der Waals surface area contributed by atoms with Crippen LogP contribution in [0.15, 0.2) is 58.7 Å². The normalized spacial score (nSPS) is 18.4. The van der Waals surface area contributed by atoms with Crippen LogP contribution in [0.3, 0.4) is 0 Å². The van der Waals surface area contributed by atoms with E-state index in [9.17, 15) is 4.79 Å². The van der Waals surface area contributed by atoms with Gasteiger partial charge in [0.1, 0.15) is 5.75 Å². The summed E-state index contributed by atoms with van der Waals surface area (Å²) in [5.74, 6) is 1.20. The van der Waals surface area contributed by atoms with E-state index in [1.807, 2.05) is 24.3 Å². The Bertz CT molecular complexity index is 860. The fraction of sp³-hybridized carbons (Fsp3) is 0.286. The summed E-state index contributed by atoms with van der Waals surface area (Å²) in [6.45, 7) is 4.34. The van der Waals surface area contributed by atoms with E-state index >= 15 is 0 Å². The molecule has 0 saturated carbocycles. The highest BCUT2D eigenvalue weighted by atomic mass is 32.2. The molecule has 27 heavy (non-hydrogen) atoms. The van der Waals surface area contributed by atoms with Crippen LogP contribution in [0, 0.1) is 0 Å². The number of methoxy groups -OCH3 is 1. The molecule has 6 heteroatoms. The van der Waals surface area contributed by atoms with Gasteiger partial charge in [0.15, 0.2) is 5.17 Å². The molecule has 2 aromatic rings. The highest BCUT2D eigenvalue weighted by Gasteiger charge is 2.30. The number of rotatable bonds is 6. The number of nitrogens with one attached hydrogen (secondary N) is 1. The van der Waals surface area contributed by atoms with Gasteiger partial charge in [-0.25, -0.2) is 0 Å². The van der Waals surface area contributed by atoms with Crippen LogP contribution in [0.25, 0.3) is 0 Å². The average molecular weight is 382 g/mol. The monoisotopic (exact) mass is 381 g/mol. The van der Waals surface area contributed by atoms with Crippen molar-refractivity contribution in [1.82, 2.24) is 5.32 Å². The van der Waals surface area contributed by atoms with Crippen molar-refractivity contribution in [3.05, 3.63) is 65.2 Å². The summed E-state index contributed by atoms with van der Waals surface area (Å²) >= 11 is 1.41. The van der Waals surface area contributed by atoms with Crippen LogP contribution in [0.4, 0.5) is 0 Å². The van der Waals surface area contributed by atoms with Gasteiger partial charge in [0.25, 0.3) is 0 Å². The Kier molecular flexibility index (Phi) is 6.29. The molecule has 1 N–H and O–H groups in total. The Morgan fingerprint density at radius 3 is 2.63 bits per heavy atom. The summed E-state index contributed by atoms with van der Waals surface area (Å²) in [5, 5.41) is 11.4. The van der Waals surface area contributed by atoms with Crippen molar-refractivity contribution >= 4 is 29.1 Å². The summed E-state index contributed by atoms with van der Waals surface area (Å²) in [5.41, 5.74) is 3.28. The molecule has 1 saturated heterocycles. The van der Waals surface area contributed by atoms with Gasteiger partial charge in [-0.05, 0) is 35.6 Å². The van der Waals surface area contributed by atoms with Gasteiger partial charge in [0.05, 0.1) is 18.6 Å². The first-order valence-corrected chi connectivity index (χ1v) is 9.75. The number of thioether (sulfide) groups is 1. The van der Waals surface area contributed by atoms with E-state index in [1.54, 1.807) is 13.3 Å². The second-order valence-corrected chi connectivity index (χ2v) is 7.78. The molecule has 0 spiro atoms. The molecule has 1 fully saturated rings. The number of amidine groups is 1. The fourth-order valence-electron chi connectivity index (χ4n) is 2.76. The SMILES string of the molecule is COc1ccccc1C=N/N=C1\NC(=O)C(Cc2ccc(C(C)C)cc2)S1. The van der Waals surface area contributed by atoms with Crippen molar-refractivity contribution in [3.63, 3.8) is 0 Å². The standard InChI is InChI=1S/C21H23N3O2S/c1-14(2)16-10-8-15(9-11-16)12-19-20(25)23-21(27-19)24-22-13-17-6-4-5-7-18(17)26-3/h4-11,13-14,19H,12H2,1-3H3,(H,23,24,25). The van der Waals surface area contributed by atoms with Gasteiger partial charge in [-0.15, -0.1) is 5.10 Å². The van der Waals surface area contributed by atoms with Crippen LogP contribution in [-0.2, 0) is 11.2 Å². The van der Waals surface area contributed by atoms with Crippen molar-refractivity contribution in [2.24, 2.45) is 10.2 Å². The minimum absolute atomic E-state index is 0.0285. The zero-order valence-corrected chi connectivity index (χ0v) is 16.5. The molecule has 1 aliphatic heterocycles. The van der Waals surface area contributed by atoms with Crippen LogP contribution in [-0.4, -0.2) is 29.6 Å². The number of hydrogen-bond donors (Lipinski definition) is 1. The predicted molar refractivity (Wildman–Crippen MR) is 112 cm³/mol. The third-order valence-electron chi connectivity index (χ3n) is 4.33. The number of amides is 1. The molecular formula is C21H23N3O2S. The molecule has 1 aliphatic rings. The van der Waals surface area contributed by atoms with E-state index in [4.69, 9.17) is 4.74 Å². The number of benzene rings is 2. The number of carbonyl (C=O) groups is 1. The van der Waals surface area contributed by atoms with Crippen LogP contribution >= 0.6 is 11.8 Å². The van der Waals surface area contributed by atoms with E-state index in [-0.39, 0.29) is 11.2 Å². The first kappa shape index (κ1) is 19.2. The van der Waals surface area contributed by atoms with Gasteiger partial charge in [-0.3, -0.25) is 4.79 Å². The summed E-state index contributed by atoms with van der Waals surface area (Å²) in [7, 11) is 1.61. The second-order valence-electron chi connectivity index (χ2n) is 6.59. The van der Waals surface area contributed by atoms with Gasteiger partial charge in [-0.1, -0.05) is 62.0 Å². The molecule has 1 amide bonds. The number of carbonyl (C=O) groups excluding carboxylic acids is 1. The van der Waals surface area contributed by atoms with Crippen molar-refractivity contribution in [2.75, 3.05) is 7.11 Å². The second kappa shape index (κ2) is 8.86. The topological polar surface area (TPSA) is 63.1 Å². The van der Waals surface area contributed by atoms with Crippen LogP contribution in [0.2, 0.25) is 0 Å². The average Bonchev–Trinajstić information content (AvgIpc) is 3.02. The van der Waals surface area contributed by atoms with Gasteiger partial charge in [0.2, 0.25) is 5.91 Å². The minimum atomic E-state index is -0.185. The lowest BCUT2D eigenvalue weighted by atomic mass is 10.0. The highest BCUT2D eigenvalue weighted by molar-refractivity contribution is 8.15. The Morgan fingerprint density at radius 2 is 1.93 bits per heavy atom. The smallest absolute Gasteiger partial charge is 0.239 e. The van der Waals surface area contributed by atoms with Gasteiger partial charge >= 0.3 is 0 Å². The molecule has 140 valence electrons. The predicted octanol–water partition coefficient (Wildman–Crippen LogP) is 3.98. The Morgan fingerprint density at radius 1 is 1.19 bits per heavy atom. The summed E-state index contributed by atoms with van der Waals surface area (Å²) in [4.78, 5) is 12.2. The number of para-hydroxylation sites is 1. The molecule has 0 aromatic heterocycles. The lowest BCUT2D eigenvalue weighted by Crippen LogP contribution is -2.25. The quantitative estimate of drug-likeness (QED) is 0.608. The van der Waals surface area contributed by atoms with Crippen molar-refractivity contribution < 1.29 is 9.53 Å². The van der Waals surface area contributed by atoms with E-state index in [2.05, 4.69) is 53.6 Å². The van der Waals surface area contributed by atoms with Crippen LogP contribution in [0.1, 0.15) is 36.5 Å². The molecule has 1 atom stereocenters. The Hall–Kier alpha value is -2.60. The third-order valence-corrected chi connectivity index (χ3v) is 5.40. The maximum absolute atomic E-state index is 12.2. The Labute approximate surface area is 163 Å². The highest BCUT2D eigenvalue weighted by Crippen LogP contribution is 2.24. The Balaban J connectivity index is 1.62. The van der Waals surface area contributed by atoms with Crippen molar-refractivity contribution in [2.45, 2.75) is 31.4 Å². The molecule has 0 bridgehead atoms. The van der Waals surface area contributed by atoms with E-state index in [0.717, 1.165) is 16.9 Å². The van der Waals surface area contributed by atoms with Crippen LogP contribution in [0.5, 0.6) is 5.75 Å². The fourth-order valence-corrected chi connectivity index (χ4v) is 3.72. The summed E-state index contributed by atoms with van der Waals surface area (Å²) in [6, 6.07) is 16.0. The molecule has 1 heterocycles. The van der Waals surface area contributed by atoms with Gasteiger partial charge in [0, 0.05) is 5.56 Å². The summed E-state index contributed by atoms with van der Waals surface area (Å²) < 4.78 is 5.28. The van der Waals surface area contributed by atoms with E-state index in [1.165, 1.54) is 17.3 Å². The zero-order chi connectivity index (χ0) is 19.2. The number of ether oxygens (including phenoxy) is 1. The van der Waals surface area contributed by atoms with Crippen LogP contribution < -0.4 is 10.1 Å². The number of nitrogens with zero attached hydrogens (tertiary/aromatic N) is 2. The zero-order valence-electron chi connectivity index (χ0n) is 15.7. The van der Waals surface area contributed by atoms with Crippen molar-refractivity contribution in [1.29, 1.82) is 0 Å². The third kappa shape index (κ3) is 4.98. The lowest BCUT2D eigenvalue weighted by Gasteiger charge is -2.08. The van der Waals surface area contributed by atoms with Crippen molar-refractivity contribution in [3.8, 4) is 5.75 Å². The number of hydrogen-bond acceptors (Lipinski definition) is 5. The first-order chi connectivity index (χ1) is 13.1. The molecular weight excluding hydrogens is 358 g/mol. The molecule has 0 aliphatic carbocycles. The molecule has 0 radical (unpaired) electrons. The largest absolute Gasteiger partial charge is 0.496 e. The molecule has 3 rings (SSSR count). The lowest BCUT2D eigenvalue weighted by molar-refractivity contribution is -0.118.